The second kappa shape index (κ2) is 7.47. The van der Waals surface area contributed by atoms with E-state index in [-0.39, 0.29) is 17.4 Å². The molecular weight excluding hydrogens is 378 g/mol. The minimum Gasteiger partial charge on any atom is -0.497 e. The lowest BCUT2D eigenvalue weighted by Gasteiger charge is -2.10. The highest BCUT2D eigenvalue weighted by Gasteiger charge is 2.24. The summed E-state index contributed by atoms with van der Waals surface area (Å²) >= 11 is 1.19. The minimum atomic E-state index is -0.0565. The predicted octanol–water partition coefficient (Wildman–Crippen LogP) is 3.24. The monoisotopic (exact) mass is 395 g/mol. The van der Waals surface area contributed by atoms with Gasteiger partial charge in [0.25, 0.3) is 5.22 Å². The van der Waals surface area contributed by atoms with Crippen LogP contribution in [0.4, 0.5) is 5.69 Å². The van der Waals surface area contributed by atoms with E-state index in [4.69, 9.17) is 9.15 Å². The summed E-state index contributed by atoms with van der Waals surface area (Å²) in [4.78, 5) is 25.9. The molecule has 1 aromatic heterocycles. The van der Waals surface area contributed by atoms with Gasteiger partial charge in [0.05, 0.1) is 19.3 Å². The van der Waals surface area contributed by atoms with Crippen LogP contribution in [0.3, 0.4) is 0 Å². The van der Waals surface area contributed by atoms with Crippen molar-refractivity contribution in [2.24, 2.45) is 0 Å². The number of carbonyl (C=O) groups is 2. The van der Waals surface area contributed by atoms with Gasteiger partial charge in [0.2, 0.25) is 11.8 Å². The number of amides is 1. The number of Topliss-reactive ketones (excluding diaryl/α,β-unsaturated/α-hetero) is 1. The molecule has 2 heterocycles. The molecule has 1 aliphatic heterocycles. The highest BCUT2D eigenvalue weighted by atomic mass is 32.2. The zero-order valence-electron chi connectivity index (χ0n) is 15.3. The number of anilines is 1. The van der Waals surface area contributed by atoms with E-state index in [2.05, 4.69) is 10.2 Å². The van der Waals surface area contributed by atoms with Gasteiger partial charge in [-0.05, 0) is 48.0 Å². The number of thioether (sulfide) groups is 1. The van der Waals surface area contributed by atoms with Gasteiger partial charge >= 0.3 is 0 Å². The molecule has 142 valence electrons. The summed E-state index contributed by atoms with van der Waals surface area (Å²) in [6.07, 6.45) is 0.328. The number of nitrogens with zero attached hydrogens (tertiary/aromatic N) is 3. The van der Waals surface area contributed by atoms with Crippen LogP contribution in [0.5, 0.6) is 5.75 Å². The maximum atomic E-state index is 12.5. The Morgan fingerprint density at radius 3 is 2.75 bits per heavy atom. The molecule has 0 saturated heterocycles. The number of hydrogen-bond donors (Lipinski definition) is 0. The third-order valence-corrected chi connectivity index (χ3v) is 5.37. The highest BCUT2D eigenvalue weighted by molar-refractivity contribution is 7.99. The number of methoxy groups -OCH3 is 1. The van der Waals surface area contributed by atoms with Crippen molar-refractivity contribution in [2.75, 3.05) is 24.8 Å². The molecule has 4 rings (SSSR count). The lowest BCUT2D eigenvalue weighted by atomic mass is 10.1. The van der Waals surface area contributed by atoms with Gasteiger partial charge in [0, 0.05) is 23.9 Å². The molecular formula is C20H17N3O4S. The number of likely N-dealkylation sites (N-methyl/N-ethyl adjacent to an activating group) is 1. The Labute approximate surface area is 165 Å². The van der Waals surface area contributed by atoms with Gasteiger partial charge in [-0.1, -0.05) is 11.8 Å². The quantitative estimate of drug-likeness (QED) is 0.468. The number of ether oxygens (including phenoxy) is 1. The van der Waals surface area contributed by atoms with Crippen LogP contribution >= 0.6 is 11.8 Å². The third kappa shape index (κ3) is 3.50. The first-order chi connectivity index (χ1) is 13.5. The van der Waals surface area contributed by atoms with E-state index in [0.717, 1.165) is 22.6 Å². The topological polar surface area (TPSA) is 85.5 Å². The Morgan fingerprint density at radius 1 is 1.21 bits per heavy atom. The van der Waals surface area contributed by atoms with Crippen LogP contribution in [0.25, 0.3) is 11.5 Å². The van der Waals surface area contributed by atoms with Crippen molar-refractivity contribution in [3.63, 3.8) is 0 Å². The summed E-state index contributed by atoms with van der Waals surface area (Å²) in [7, 11) is 3.34. The summed E-state index contributed by atoms with van der Waals surface area (Å²) in [6, 6.07) is 12.6. The van der Waals surface area contributed by atoms with E-state index in [1.54, 1.807) is 31.2 Å². The van der Waals surface area contributed by atoms with E-state index in [1.165, 1.54) is 11.8 Å². The number of ketones is 1. The van der Waals surface area contributed by atoms with E-state index >= 15 is 0 Å². The fraction of sp³-hybridized carbons (Fsp3) is 0.200. The molecule has 0 radical (unpaired) electrons. The van der Waals surface area contributed by atoms with E-state index in [0.29, 0.717) is 23.1 Å². The van der Waals surface area contributed by atoms with Crippen molar-refractivity contribution in [1.29, 1.82) is 0 Å². The van der Waals surface area contributed by atoms with Gasteiger partial charge in [0.1, 0.15) is 5.75 Å². The largest absolute Gasteiger partial charge is 0.497 e. The zero-order valence-corrected chi connectivity index (χ0v) is 16.2. The first-order valence-corrected chi connectivity index (χ1v) is 9.57. The highest BCUT2D eigenvalue weighted by Crippen LogP contribution is 2.29. The summed E-state index contributed by atoms with van der Waals surface area (Å²) in [5.74, 6) is 1.28. The van der Waals surface area contributed by atoms with Crippen LogP contribution in [0, 0.1) is 0 Å². The molecule has 3 aromatic rings. The summed E-state index contributed by atoms with van der Waals surface area (Å²) in [5, 5.41) is 8.34. The van der Waals surface area contributed by atoms with Crippen molar-refractivity contribution in [2.45, 2.75) is 11.6 Å². The van der Waals surface area contributed by atoms with Crippen LogP contribution in [0.2, 0.25) is 0 Å². The Hall–Kier alpha value is -3.13. The zero-order chi connectivity index (χ0) is 19.7. The SMILES string of the molecule is COc1ccc(-c2nnc(SCC(=O)c3ccc4c(c3)CC(=O)N4C)o2)cc1. The molecule has 1 amide bonds. The van der Waals surface area contributed by atoms with Crippen molar-refractivity contribution >= 4 is 29.1 Å². The average Bonchev–Trinajstić information content (AvgIpc) is 3.30. The van der Waals surface area contributed by atoms with E-state index in [9.17, 15) is 9.59 Å². The van der Waals surface area contributed by atoms with Gasteiger partial charge < -0.3 is 14.1 Å². The van der Waals surface area contributed by atoms with Crippen molar-refractivity contribution in [3.8, 4) is 17.2 Å². The van der Waals surface area contributed by atoms with Gasteiger partial charge in [-0.3, -0.25) is 9.59 Å². The maximum Gasteiger partial charge on any atom is 0.277 e. The Bertz CT molecular complexity index is 1050. The number of benzene rings is 2. The molecule has 0 N–H and O–H groups in total. The van der Waals surface area contributed by atoms with Crippen LogP contribution in [0.1, 0.15) is 15.9 Å². The van der Waals surface area contributed by atoms with Gasteiger partial charge in [-0.15, -0.1) is 10.2 Å². The first kappa shape index (κ1) is 18.2. The van der Waals surface area contributed by atoms with E-state index in [1.807, 2.05) is 30.3 Å². The first-order valence-electron chi connectivity index (χ1n) is 8.58. The molecule has 7 nitrogen and oxygen atoms in total. The molecule has 1 aliphatic rings. The normalized spacial score (nSPS) is 12.9. The summed E-state index contributed by atoms with van der Waals surface area (Å²) < 4.78 is 10.8. The number of aromatic nitrogens is 2. The predicted molar refractivity (Wildman–Crippen MR) is 105 cm³/mol. The van der Waals surface area contributed by atoms with Gasteiger partial charge in [-0.25, -0.2) is 0 Å². The maximum absolute atomic E-state index is 12.5. The molecule has 8 heteroatoms. The third-order valence-electron chi connectivity index (χ3n) is 4.55. The van der Waals surface area contributed by atoms with E-state index < -0.39 is 0 Å². The molecule has 0 bridgehead atoms. The fourth-order valence-corrected chi connectivity index (χ4v) is 3.63. The van der Waals surface area contributed by atoms with Crippen LogP contribution in [-0.2, 0) is 11.2 Å². The molecule has 0 saturated carbocycles. The van der Waals surface area contributed by atoms with Crippen molar-refractivity contribution in [3.05, 3.63) is 53.6 Å². The molecule has 2 aromatic carbocycles. The minimum absolute atomic E-state index is 0.0332. The number of rotatable bonds is 6. The van der Waals surface area contributed by atoms with Crippen LogP contribution in [0.15, 0.2) is 52.1 Å². The second-order valence-electron chi connectivity index (χ2n) is 6.29. The Morgan fingerprint density at radius 2 is 2.00 bits per heavy atom. The van der Waals surface area contributed by atoms with Crippen molar-refractivity contribution < 1.29 is 18.7 Å². The molecule has 0 fully saturated rings. The summed E-state index contributed by atoms with van der Waals surface area (Å²) in [6.45, 7) is 0. The van der Waals surface area contributed by atoms with Gasteiger partial charge in [0.15, 0.2) is 5.78 Å². The van der Waals surface area contributed by atoms with Crippen molar-refractivity contribution in [1.82, 2.24) is 10.2 Å². The number of hydrogen-bond acceptors (Lipinski definition) is 7. The van der Waals surface area contributed by atoms with Crippen LogP contribution < -0.4 is 9.64 Å². The molecule has 0 atom stereocenters. The molecule has 0 spiro atoms. The molecule has 0 aliphatic carbocycles. The number of fused-ring (bicyclic) bond motifs is 1. The standard InChI is InChI=1S/C20H17N3O4S/c1-23-16-8-5-13(9-14(16)10-18(23)25)17(24)11-28-20-22-21-19(27-20)12-3-6-15(26-2)7-4-12/h3-9H,10-11H2,1-2H3. The average molecular weight is 395 g/mol. The van der Waals surface area contributed by atoms with Crippen LogP contribution in [-0.4, -0.2) is 41.8 Å². The lowest BCUT2D eigenvalue weighted by Crippen LogP contribution is -2.20. The van der Waals surface area contributed by atoms with Gasteiger partial charge in [-0.2, -0.15) is 0 Å². The Balaban J connectivity index is 1.41. The lowest BCUT2D eigenvalue weighted by molar-refractivity contribution is -0.117. The Kier molecular flexibility index (Phi) is 4.87. The molecule has 0 unspecified atom stereocenters. The number of carbonyl (C=O) groups excluding carboxylic acids is 2. The molecule has 28 heavy (non-hydrogen) atoms. The fourth-order valence-electron chi connectivity index (χ4n) is 2.97. The smallest absolute Gasteiger partial charge is 0.277 e. The second-order valence-corrected chi connectivity index (χ2v) is 7.21. The summed E-state index contributed by atoms with van der Waals surface area (Å²) in [5.41, 5.74) is 3.08.